The molecule has 100 valence electrons. The highest BCUT2D eigenvalue weighted by Gasteiger charge is 2.03. The van der Waals surface area contributed by atoms with Crippen LogP contribution in [0, 0.1) is 6.92 Å². The number of rotatable bonds is 4. The van der Waals surface area contributed by atoms with Gasteiger partial charge in [-0.1, -0.05) is 19.1 Å². The van der Waals surface area contributed by atoms with Gasteiger partial charge in [-0.2, -0.15) is 0 Å². The minimum Gasteiger partial charge on any atom is -0.362 e. The maximum atomic E-state index is 5.23. The van der Waals surface area contributed by atoms with Crippen LogP contribution in [0.1, 0.15) is 18.4 Å². The average molecular weight is 291 g/mol. The number of aromatic nitrogens is 1. The standard InChI is InChI=1S/C14H17N3S2/c1-3-7-15-14(18)17-12-6-4-5-11(8-12)13-9-19-10(2)16-13/h4-6,8-9H,3,7H2,1-2H3,(H2,15,17,18). The van der Waals surface area contributed by atoms with Crippen LogP contribution in [0.5, 0.6) is 0 Å². The summed E-state index contributed by atoms with van der Waals surface area (Å²) in [5.74, 6) is 0. The number of thiocarbonyl (C=S) groups is 1. The van der Waals surface area contributed by atoms with Gasteiger partial charge in [-0.15, -0.1) is 11.3 Å². The first-order valence-corrected chi connectivity index (χ1v) is 7.55. The van der Waals surface area contributed by atoms with E-state index >= 15 is 0 Å². The van der Waals surface area contributed by atoms with E-state index < -0.39 is 0 Å². The smallest absolute Gasteiger partial charge is 0.170 e. The van der Waals surface area contributed by atoms with E-state index in [0.29, 0.717) is 5.11 Å². The lowest BCUT2D eigenvalue weighted by Gasteiger charge is -2.10. The fourth-order valence-electron chi connectivity index (χ4n) is 1.67. The van der Waals surface area contributed by atoms with Gasteiger partial charge in [0.15, 0.2) is 5.11 Å². The number of benzene rings is 1. The topological polar surface area (TPSA) is 37.0 Å². The van der Waals surface area contributed by atoms with Crippen LogP contribution in [0.4, 0.5) is 5.69 Å². The number of aryl methyl sites for hydroxylation is 1. The van der Waals surface area contributed by atoms with Gasteiger partial charge in [0.2, 0.25) is 0 Å². The van der Waals surface area contributed by atoms with Crippen LogP contribution in [0.15, 0.2) is 29.6 Å². The third-order valence-corrected chi connectivity index (χ3v) is 3.59. The van der Waals surface area contributed by atoms with E-state index in [9.17, 15) is 0 Å². The fourth-order valence-corrected chi connectivity index (χ4v) is 2.51. The van der Waals surface area contributed by atoms with Crippen molar-refractivity contribution in [2.45, 2.75) is 20.3 Å². The summed E-state index contributed by atoms with van der Waals surface area (Å²) in [4.78, 5) is 4.49. The number of thiazole rings is 1. The van der Waals surface area contributed by atoms with Crippen LogP contribution in [-0.4, -0.2) is 16.6 Å². The van der Waals surface area contributed by atoms with Gasteiger partial charge in [0, 0.05) is 23.2 Å². The van der Waals surface area contributed by atoms with Crippen molar-refractivity contribution < 1.29 is 0 Å². The van der Waals surface area contributed by atoms with Crippen LogP contribution in [0.2, 0.25) is 0 Å². The van der Waals surface area contributed by atoms with E-state index in [-0.39, 0.29) is 0 Å². The van der Waals surface area contributed by atoms with Gasteiger partial charge in [-0.05, 0) is 37.7 Å². The second-order valence-electron chi connectivity index (χ2n) is 4.21. The second-order valence-corrected chi connectivity index (χ2v) is 5.68. The molecule has 1 heterocycles. The molecule has 0 saturated heterocycles. The van der Waals surface area contributed by atoms with Crippen molar-refractivity contribution in [1.29, 1.82) is 0 Å². The van der Waals surface area contributed by atoms with Gasteiger partial charge >= 0.3 is 0 Å². The highest BCUT2D eigenvalue weighted by Crippen LogP contribution is 2.24. The van der Waals surface area contributed by atoms with Crippen LogP contribution < -0.4 is 10.6 Å². The van der Waals surface area contributed by atoms with E-state index in [0.717, 1.165) is 34.9 Å². The minimum absolute atomic E-state index is 0.661. The summed E-state index contributed by atoms with van der Waals surface area (Å²) in [5, 5.41) is 10.1. The highest BCUT2D eigenvalue weighted by atomic mass is 32.1. The Balaban J connectivity index is 2.09. The largest absolute Gasteiger partial charge is 0.362 e. The number of anilines is 1. The molecule has 19 heavy (non-hydrogen) atoms. The molecule has 3 nitrogen and oxygen atoms in total. The normalized spacial score (nSPS) is 10.2. The van der Waals surface area contributed by atoms with Crippen molar-refractivity contribution in [3.8, 4) is 11.3 Å². The highest BCUT2D eigenvalue weighted by molar-refractivity contribution is 7.80. The molecule has 1 aromatic heterocycles. The quantitative estimate of drug-likeness (QED) is 0.840. The van der Waals surface area contributed by atoms with Gasteiger partial charge in [-0.25, -0.2) is 4.98 Å². The summed E-state index contributed by atoms with van der Waals surface area (Å²) >= 11 is 6.89. The molecule has 2 rings (SSSR count). The third kappa shape index (κ3) is 4.01. The predicted octanol–water partition coefficient (Wildman–Crippen LogP) is 3.81. The molecule has 0 atom stereocenters. The molecule has 1 aromatic carbocycles. The van der Waals surface area contributed by atoms with Crippen molar-refractivity contribution >= 4 is 34.4 Å². The lowest BCUT2D eigenvalue weighted by molar-refractivity contribution is 0.846. The molecule has 2 aromatic rings. The second kappa shape index (κ2) is 6.63. The minimum atomic E-state index is 0.661. The van der Waals surface area contributed by atoms with Crippen LogP contribution in [0.25, 0.3) is 11.3 Å². The SMILES string of the molecule is CCCNC(=S)Nc1cccc(-c2csc(C)n2)c1. The fraction of sp³-hybridized carbons (Fsp3) is 0.286. The lowest BCUT2D eigenvalue weighted by Crippen LogP contribution is -2.28. The Hall–Kier alpha value is -1.46. The zero-order valence-corrected chi connectivity index (χ0v) is 12.7. The Bertz CT molecular complexity index is 563. The lowest BCUT2D eigenvalue weighted by atomic mass is 10.1. The maximum Gasteiger partial charge on any atom is 0.170 e. The van der Waals surface area contributed by atoms with Gasteiger partial charge < -0.3 is 10.6 Å². The molecule has 0 aliphatic rings. The van der Waals surface area contributed by atoms with E-state index in [1.165, 1.54) is 0 Å². The van der Waals surface area contributed by atoms with Crippen molar-refractivity contribution in [3.63, 3.8) is 0 Å². The summed E-state index contributed by atoms with van der Waals surface area (Å²) < 4.78 is 0. The number of hydrogen-bond donors (Lipinski definition) is 2. The van der Waals surface area contributed by atoms with Gasteiger partial charge in [0.1, 0.15) is 0 Å². The van der Waals surface area contributed by atoms with Crippen molar-refractivity contribution in [2.75, 3.05) is 11.9 Å². The average Bonchev–Trinajstić information content (AvgIpc) is 2.83. The molecule has 0 spiro atoms. The number of nitrogens with one attached hydrogen (secondary N) is 2. The van der Waals surface area contributed by atoms with E-state index in [1.807, 2.05) is 19.1 Å². The Morgan fingerprint density at radius 3 is 2.95 bits per heavy atom. The summed E-state index contributed by atoms with van der Waals surface area (Å²) in [7, 11) is 0. The molecule has 0 radical (unpaired) electrons. The van der Waals surface area contributed by atoms with E-state index in [2.05, 4.69) is 40.1 Å². The first kappa shape index (κ1) is 14.0. The molecule has 0 amide bonds. The number of hydrogen-bond acceptors (Lipinski definition) is 3. The molecule has 0 unspecified atom stereocenters. The van der Waals surface area contributed by atoms with Crippen LogP contribution >= 0.6 is 23.6 Å². The Morgan fingerprint density at radius 2 is 2.26 bits per heavy atom. The monoisotopic (exact) mass is 291 g/mol. The summed E-state index contributed by atoms with van der Waals surface area (Å²) in [5.41, 5.74) is 3.10. The molecule has 0 aliphatic carbocycles. The zero-order chi connectivity index (χ0) is 13.7. The molecule has 2 N–H and O–H groups in total. The summed E-state index contributed by atoms with van der Waals surface area (Å²) in [6.07, 6.45) is 1.06. The molecular weight excluding hydrogens is 274 g/mol. The molecule has 0 saturated carbocycles. The van der Waals surface area contributed by atoms with Gasteiger partial charge in [-0.3, -0.25) is 0 Å². The van der Waals surface area contributed by atoms with Crippen molar-refractivity contribution in [3.05, 3.63) is 34.7 Å². The zero-order valence-electron chi connectivity index (χ0n) is 11.1. The predicted molar refractivity (Wildman–Crippen MR) is 86.8 cm³/mol. The number of nitrogens with zero attached hydrogens (tertiary/aromatic N) is 1. The molecule has 5 heteroatoms. The van der Waals surface area contributed by atoms with Gasteiger partial charge in [0.05, 0.1) is 10.7 Å². The first-order valence-electron chi connectivity index (χ1n) is 6.26. The summed E-state index contributed by atoms with van der Waals surface area (Å²) in [6.45, 7) is 5.01. The summed E-state index contributed by atoms with van der Waals surface area (Å²) in [6, 6.07) is 8.13. The van der Waals surface area contributed by atoms with Crippen LogP contribution in [-0.2, 0) is 0 Å². The molecule has 0 fully saturated rings. The third-order valence-electron chi connectivity index (χ3n) is 2.57. The Labute approximate surface area is 123 Å². The molecular formula is C14H17N3S2. The van der Waals surface area contributed by atoms with Gasteiger partial charge in [0.25, 0.3) is 0 Å². The first-order chi connectivity index (χ1) is 9.19. The van der Waals surface area contributed by atoms with Crippen molar-refractivity contribution in [2.24, 2.45) is 0 Å². The molecule has 0 bridgehead atoms. The van der Waals surface area contributed by atoms with Crippen molar-refractivity contribution in [1.82, 2.24) is 10.3 Å². The Kier molecular flexibility index (Phi) is 4.87. The van der Waals surface area contributed by atoms with Crippen LogP contribution in [0.3, 0.4) is 0 Å². The van der Waals surface area contributed by atoms with E-state index in [4.69, 9.17) is 12.2 Å². The Morgan fingerprint density at radius 1 is 1.42 bits per heavy atom. The molecule has 0 aliphatic heterocycles. The van der Waals surface area contributed by atoms with E-state index in [1.54, 1.807) is 11.3 Å². The maximum absolute atomic E-state index is 5.23.